The van der Waals surface area contributed by atoms with Gasteiger partial charge in [-0.1, -0.05) is 52.0 Å². The molecule has 0 aromatic heterocycles. The Bertz CT molecular complexity index is 480. The second-order valence-electron chi connectivity index (χ2n) is 6.77. The van der Waals surface area contributed by atoms with Crippen molar-refractivity contribution in [3.05, 3.63) is 35.4 Å². The van der Waals surface area contributed by atoms with Crippen LogP contribution < -0.4 is 10.6 Å². The Kier molecular flexibility index (Phi) is 4.48. The van der Waals surface area contributed by atoms with Crippen molar-refractivity contribution in [2.75, 3.05) is 6.54 Å². The number of hydrogen-bond donors (Lipinski definition) is 2. The molecule has 1 aromatic carbocycles. The number of carbonyl (C=O) groups is 1. The first kappa shape index (κ1) is 15.0. The van der Waals surface area contributed by atoms with E-state index in [4.69, 9.17) is 0 Å². The van der Waals surface area contributed by atoms with Crippen LogP contribution in [0.2, 0.25) is 0 Å². The van der Waals surface area contributed by atoms with Crippen LogP contribution in [0.15, 0.2) is 24.3 Å². The molecule has 3 nitrogen and oxygen atoms in total. The minimum absolute atomic E-state index is 0.104. The highest BCUT2D eigenvalue weighted by atomic mass is 16.2. The Labute approximate surface area is 122 Å². The molecular formula is C17H26N2O. The van der Waals surface area contributed by atoms with E-state index in [1.54, 1.807) is 0 Å². The molecule has 110 valence electrons. The topological polar surface area (TPSA) is 41.1 Å². The Hall–Kier alpha value is -1.35. The van der Waals surface area contributed by atoms with Crippen LogP contribution in [0, 0.1) is 11.3 Å². The number of carbonyl (C=O) groups excluding carboxylic acids is 1. The molecule has 1 heterocycles. The van der Waals surface area contributed by atoms with Crippen LogP contribution in [0.1, 0.15) is 38.8 Å². The molecule has 2 N–H and O–H groups in total. The van der Waals surface area contributed by atoms with Crippen molar-refractivity contribution in [2.45, 2.75) is 46.7 Å². The Balaban J connectivity index is 1.92. The van der Waals surface area contributed by atoms with Gasteiger partial charge in [-0.25, -0.2) is 0 Å². The predicted molar refractivity (Wildman–Crippen MR) is 82.4 cm³/mol. The summed E-state index contributed by atoms with van der Waals surface area (Å²) >= 11 is 0. The summed E-state index contributed by atoms with van der Waals surface area (Å²) in [5, 5.41) is 6.43. The first-order valence-electron chi connectivity index (χ1n) is 7.48. The molecule has 1 atom stereocenters. The second-order valence-corrected chi connectivity index (χ2v) is 6.77. The zero-order valence-corrected chi connectivity index (χ0v) is 13.0. The zero-order valence-electron chi connectivity index (χ0n) is 13.0. The molecule has 1 aliphatic heterocycles. The highest BCUT2D eigenvalue weighted by Gasteiger charge is 2.27. The van der Waals surface area contributed by atoms with E-state index in [1.165, 1.54) is 11.1 Å². The lowest BCUT2D eigenvalue weighted by Gasteiger charge is -2.31. The van der Waals surface area contributed by atoms with Crippen LogP contribution in [0.5, 0.6) is 0 Å². The molecular weight excluding hydrogens is 248 g/mol. The molecule has 0 fully saturated rings. The molecule has 20 heavy (non-hydrogen) atoms. The van der Waals surface area contributed by atoms with E-state index >= 15 is 0 Å². The molecule has 0 spiro atoms. The lowest BCUT2D eigenvalue weighted by atomic mass is 9.81. The van der Waals surface area contributed by atoms with Crippen molar-refractivity contribution in [3.63, 3.8) is 0 Å². The second kappa shape index (κ2) is 5.96. The van der Waals surface area contributed by atoms with Gasteiger partial charge in [0.2, 0.25) is 5.91 Å². The normalized spacial score (nSPS) is 18.8. The van der Waals surface area contributed by atoms with Crippen LogP contribution in [-0.2, 0) is 17.8 Å². The van der Waals surface area contributed by atoms with E-state index in [1.807, 2.05) is 12.1 Å². The van der Waals surface area contributed by atoms with Crippen molar-refractivity contribution in [2.24, 2.45) is 11.3 Å². The standard InChI is InChI=1S/C17H26N2O/c1-12(2)17(3,4)11-19-16(20)15-9-13-7-5-6-8-14(13)10-18-15/h5-8,12,15,18H,9-11H2,1-4H3,(H,19,20). The maximum absolute atomic E-state index is 12.3. The molecule has 0 saturated heterocycles. The minimum atomic E-state index is -0.104. The van der Waals surface area contributed by atoms with Gasteiger partial charge in [0, 0.05) is 13.1 Å². The summed E-state index contributed by atoms with van der Waals surface area (Å²) < 4.78 is 0. The third-order valence-electron chi connectivity index (χ3n) is 4.68. The van der Waals surface area contributed by atoms with Gasteiger partial charge < -0.3 is 10.6 Å². The van der Waals surface area contributed by atoms with Crippen LogP contribution in [0.3, 0.4) is 0 Å². The van der Waals surface area contributed by atoms with E-state index in [-0.39, 0.29) is 17.4 Å². The summed E-state index contributed by atoms with van der Waals surface area (Å²) in [7, 11) is 0. The molecule has 0 radical (unpaired) electrons. The van der Waals surface area contributed by atoms with E-state index in [0.717, 1.165) is 19.5 Å². The van der Waals surface area contributed by atoms with Gasteiger partial charge in [-0.15, -0.1) is 0 Å². The molecule has 1 unspecified atom stereocenters. The largest absolute Gasteiger partial charge is 0.354 e. The molecule has 0 saturated carbocycles. The Morgan fingerprint density at radius 2 is 2.00 bits per heavy atom. The van der Waals surface area contributed by atoms with Gasteiger partial charge in [0.15, 0.2) is 0 Å². The summed E-state index contributed by atoms with van der Waals surface area (Å²) in [6.45, 7) is 10.3. The smallest absolute Gasteiger partial charge is 0.237 e. The van der Waals surface area contributed by atoms with Crippen LogP contribution in [0.25, 0.3) is 0 Å². The monoisotopic (exact) mass is 274 g/mol. The van der Waals surface area contributed by atoms with Crippen LogP contribution >= 0.6 is 0 Å². The van der Waals surface area contributed by atoms with Gasteiger partial charge in [-0.2, -0.15) is 0 Å². The molecule has 0 aliphatic carbocycles. The number of nitrogens with one attached hydrogen (secondary N) is 2. The van der Waals surface area contributed by atoms with Gasteiger partial charge >= 0.3 is 0 Å². The van der Waals surface area contributed by atoms with E-state index in [0.29, 0.717) is 5.92 Å². The zero-order chi connectivity index (χ0) is 14.8. The lowest BCUT2D eigenvalue weighted by molar-refractivity contribution is -0.123. The lowest BCUT2D eigenvalue weighted by Crippen LogP contribution is -2.50. The van der Waals surface area contributed by atoms with Crippen molar-refractivity contribution in [3.8, 4) is 0 Å². The van der Waals surface area contributed by atoms with E-state index < -0.39 is 0 Å². The number of rotatable bonds is 4. The maximum atomic E-state index is 12.3. The highest BCUT2D eigenvalue weighted by molar-refractivity contribution is 5.82. The van der Waals surface area contributed by atoms with Crippen molar-refractivity contribution >= 4 is 5.91 Å². The summed E-state index contributed by atoms with van der Waals surface area (Å²) in [6.07, 6.45) is 0.782. The first-order valence-corrected chi connectivity index (χ1v) is 7.48. The quantitative estimate of drug-likeness (QED) is 0.885. The Morgan fingerprint density at radius 3 is 2.65 bits per heavy atom. The number of hydrogen-bond acceptors (Lipinski definition) is 2. The van der Waals surface area contributed by atoms with Crippen LogP contribution in [-0.4, -0.2) is 18.5 Å². The number of fused-ring (bicyclic) bond motifs is 1. The summed E-state index contributed by atoms with van der Waals surface area (Å²) in [5.74, 6) is 0.663. The van der Waals surface area contributed by atoms with E-state index in [9.17, 15) is 4.79 Å². The fourth-order valence-electron chi connectivity index (χ4n) is 2.28. The first-order chi connectivity index (χ1) is 9.40. The van der Waals surface area contributed by atoms with Crippen molar-refractivity contribution < 1.29 is 4.79 Å². The van der Waals surface area contributed by atoms with Gasteiger partial charge in [0.1, 0.15) is 0 Å². The molecule has 1 aromatic rings. The Morgan fingerprint density at radius 1 is 1.35 bits per heavy atom. The van der Waals surface area contributed by atoms with Crippen LogP contribution in [0.4, 0.5) is 0 Å². The molecule has 3 heteroatoms. The predicted octanol–water partition coefficient (Wildman–Crippen LogP) is 2.50. The third-order valence-corrected chi connectivity index (χ3v) is 4.68. The van der Waals surface area contributed by atoms with Crippen molar-refractivity contribution in [1.29, 1.82) is 0 Å². The minimum Gasteiger partial charge on any atom is -0.354 e. The highest BCUT2D eigenvalue weighted by Crippen LogP contribution is 2.24. The molecule has 1 amide bonds. The van der Waals surface area contributed by atoms with Crippen molar-refractivity contribution in [1.82, 2.24) is 10.6 Å². The molecule has 0 bridgehead atoms. The van der Waals surface area contributed by atoms with Gasteiger partial charge in [0.05, 0.1) is 6.04 Å². The SMILES string of the molecule is CC(C)C(C)(C)CNC(=O)C1Cc2ccccc2CN1. The van der Waals surface area contributed by atoms with E-state index in [2.05, 4.69) is 50.5 Å². The molecule has 2 rings (SSSR count). The summed E-state index contributed by atoms with van der Waals surface area (Å²) in [5.41, 5.74) is 2.72. The summed E-state index contributed by atoms with van der Waals surface area (Å²) in [6, 6.07) is 8.23. The number of benzene rings is 1. The molecule has 1 aliphatic rings. The van der Waals surface area contributed by atoms with Gasteiger partial charge in [0.25, 0.3) is 0 Å². The average molecular weight is 274 g/mol. The maximum Gasteiger partial charge on any atom is 0.237 e. The van der Waals surface area contributed by atoms with Gasteiger partial charge in [-0.3, -0.25) is 4.79 Å². The number of amides is 1. The fraction of sp³-hybridized carbons (Fsp3) is 0.588. The fourth-order valence-corrected chi connectivity index (χ4v) is 2.28. The average Bonchev–Trinajstić information content (AvgIpc) is 2.44. The summed E-state index contributed by atoms with van der Waals surface area (Å²) in [4.78, 5) is 12.3. The van der Waals surface area contributed by atoms with Gasteiger partial charge in [-0.05, 0) is 28.9 Å². The third kappa shape index (κ3) is 3.40.